The van der Waals surface area contributed by atoms with Crippen molar-refractivity contribution in [3.63, 3.8) is 0 Å². The first-order valence-corrected chi connectivity index (χ1v) is 8.29. The van der Waals surface area contributed by atoms with Gasteiger partial charge in [-0.25, -0.2) is 0 Å². The number of hydrogen-bond donors (Lipinski definition) is 0. The van der Waals surface area contributed by atoms with Gasteiger partial charge in [-0.3, -0.25) is 4.79 Å². The predicted octanol–water partition coefficient (Wildman–Crippen LogP) is 5.00. The number of hydrogen-bond acceptors (Lipinski definition) is 2. The van der Waals surface area contributed by atoms with Gasteiger partial charge in [0.15, 0.2) is 5.78 Å². The molecule has 0 fully saturated rings. The lowest BCUT2D eigenvalue weighted by atomic mass is 9.80. The van der Waals surface area contributed by atoms with Crippen LogP contribution in [0.15, 0.2) is 36.4 Å². The molecule has 1 atom stereocenters. The summed E-state index contributed by atoms with van der Waals surface area (Å²) in [5, 5.41) is 0. The van der Waals surface area contributed by atoms with E-state index in [2.05, 4.69) is 37.3 Å². The Hall–Kier alpha value is -1.41. The quantitative estimate of drug-likeness (QED) is 0.722. The highest BCUT2D eigenvalue weighted by Gasteiger charge is 2.23. The number of carbonyl (C=O) groups is 1. The molecule has 1 aromatic carbocycles. The molecule has 1 aliphatic rings. The molecule has 0 N–H and O–H groups in total. The molecule has 2 heteroatoms. The lowest BCUT2D eigenvalue weighted by molar-refractivity contribution is 0.0975. The van der Waals surface area contributed by atoms with Gasteiger partial charge in [0.1, 0.15) is 0 Å². The molecule has 0 amide bonds. The molecule has 1 unspecified atom stereocenters. The molecule has 1 nitrogen and oxygen atoms in total. The lowest BCUT2D eigenvalue weighted by Crippen LogP contribution is -2.13. The summed E-state index contributed by atoms with van der Waals surface area (Å²) in [4.78, 5) is 14.7. The fraction of sp³-hybridized carbons (Fsp3) is 0.389. The average molecular weight is 284 g/mol. The summed E-state index contributed by atoms with van der Waals surface area (Å²) in [6, 6.07) is 12.7. The summed E-state index contributed by atoms with van der Waals surface area (Å²) >= 11 is 1.66. The number of thiophene rings is 1. The van der Waals surface area contributed by atoms with Crippen LogP contribution in [0, 0.1) is 0 Å². The van der Waals surface area contributed by atoms with Crippen molar-refractivity contribution in [2.75, 3.05) is 0 Å². The van der Waals surface area contributed by atoms with Gasteiger partial charge in [-0.1, -0.05) is 31.2 Å². The first-order chi connectivity index (χ1) is 9.78. The first-order valence-electron chi connectivity index (χ1n) is 7.47. The van der Waals surface area contributed by atoms with Crippen LogP contribution in [0.3, 0.4) is 0 Å². The highest BCUT2D eigenvalue weighted by molar-refractivity contribution is 7.14. The van der Waals surface area contributed by atoms with Gasteiger partial charge in [0.25, 0.3) is 0 Å². The minimum absolute atomic E-state index is 0.316. The van der Waals surface area contributed by atoms with Crippen LogP contribution in [-0.2, 0) is 12.8 Å². The van der Waals surface area contributed by atoms with Gasteiger partial charge in [0.2, 0.25) is 0 Å². The summed E-state index contributed by atoms with van der Waals surface area (Å²) in [5.74, 6) is 0.732. The lowest BCUT2D eigenvalue weighted by Gasteiger charge is -2.24. The van der Waals surface area contributed by atoms with Gasteiger partial charge >= 0.3 is 0 Å². The predicted molar refractivity (Wildman–Crippen MR) is 84.8 cm³/mol. The first kappa shape index (κ1) is 13.6. The van der Waals surface area contributed by atoms with E-state index >= 15 is 0 Å². The molecule has 0 spiro atoms. The summed E-state index contributed by atoms with van der Waals surface area (Å²) in [5.41, 5.74) is 2.84. The average Bonchev–Trinajstić information content (AvgIpc) is 2.97. The van der Waals surface area contributed by atoms with Crippen molar-refractivity contribution in [1.29, 1.82) is 0 Å². The maximum Gasteiger partial charge on any atom is 0.173 e. The van der Waals surface area contributed by atoms with Crippen molar-refractivity contribution < 1.29 is 4.79 Å². The third kappa shape index (κ3) is 2.71. The zero-order valence-corrected chi connectivity index (χ0v) is 12.7. The Morgan fingerprint density at radius 3 is 2.90 bits per heavy atom. The molecule has 0 aliphatic heterocycles. The fourth-order valence-corrected chi connectivity index (χ4v) is 4.00. The maximum atomic E-state index is 12.5. The Balaban J connectivity index is 1.77. The summed E-state index contributed by atoms with van der Waals surface area (Å²) < 4.78 is 0. The largest absolute Gasteiger partial charge is 0.293 e. The van der Waals surface area contributed by atoms with Crippen LogP contribution in [0.2, 0.25) is 0 Å². The number of Topliss-reactive ketones (excluding diaryl/α,β-unsaturated/α-hetero) is 1. The molecule has 3 rings (SSSR count). The summed E-state index contributed by atoms with van der Waals surface area (Å²) in [6.45, 7) is 2.14. The number of fused-ring (bicyclic) bond motifs is 1. The van der Waals surface area contributed by atoms with E-state index in [9.17, 15) is 4.79 Å². The summed E-state index contributed by atoms with van der Waals surface area (Å²) in [7, 11) is 0. The van der Waals surface area contributed by atoms with E-state index in [4.69, 9.17) is 0 Å². The molecular weight excluding hydrogens is 264 g/mol. The molecule has 2 aromatic rings. The fourth-order valence-electron chi connectivity index (χ4n) is 3.11. The van der Waals surface area contributed by atoms with Crippen LogP contribution in [-0.4, -0.2) is 5.78 Å². The zero-order valence-electron chi connectivity index (χ0n) is 11.9. The zero-order chi connectivity index (χ0) is 13.9. The van der Waals surface area contributed by atoms with Crippen molar-refractivity contribution in [3.05, 3.63) is 57.3 Å². The van der Waals surface area contributed by atoms with E-state index in [0.29, 0.717) is 18.1 Å². The van der Waals surface area contributed by atoms with Crippen molar-refractivity contribution in [3.8, 4) is 0 Å². The number of ketones is 1. The van der Waals surface area contributed by atoms with Gasteiger partial charge < -0.3 is 0 Å². The number of carbonyl (C=O) groups excluding carboxylic acids is 1. The highest BCUT2D eigenvalue weighted by Crippen LogP contribution is 2.35. The van der Waals surface area contributed by atoms with E-state index in [1.807, 2.05) is 6.07 Å². The number of rotatable bonds is 4. The molecule has 1 heterocycles. The summed E-state index contributed by atoms with van der Waals surface area (Å²) in [6.07, 6.45) is 5.21. The standard InChI is InChI=1S/C18H20OS/c1-2-15-10-11-18(20-15)17(19)12-14-8-5-7-13-6-3-4-9-16(13)14/h3-4,6,9-11,14H,2,5,7-8,12H2,1H3. The van der Waals surface area contributed by atoms with Crippen LogP contribution in [0.25, 0.3) is 0 Å². The van der Waals surface area contributed by atoms with Crippen molar-refractivity contribution in [1.82, 2.24) is 0 Å². The van der Waals surface area contributed by atoms with Gasteiger partial charge in [0, 0.05) is 11.3 Å². The molecule has 1 aliphatic carbocycles. The molecule has 0 saturated heterocycles. The van der Waals surface area contributed by atoms with Crippen LogP contribution >= 0.6 is 11.3 Å². The smallest absolute Gasteiger partial charge is 0.173 e. The van der Waals surface area contributed by atoms with Gasteiger partial charge in [-0.2, -0.15) is 0 Å². The second kappa shape index (κ2) is 5.92. The van der Waals surface area contributed by atoms with Crippen LogP contribution in [0.5, 0.6) is 0 Å². The molecule has 1 aromatic heterocycles. The topological polar surface area (TPSA) is 17.1 Å². The van der Waals surface area contributed by atoms with Crippen molar-refractivity contribution in [2.45, 2.75) is 44.9 Å². The second-order valence-corrected chi connectivity index (χ2v) is 6.70. The third-order valence-corrected chi connectivity index (χ3v) is 5.48. The Labute approximate surface area is 124 Å². The minimum atomic E-state index is 0.316. The van der Waals surface area contributed by atoms with Gasteiger partial charge in [-0.05, 0) is 54.9 Å². The van der Waals surface area contributed by atoms with Crippen LogP contribution < -0.4 is 0 Å². The molecule has 104 valence electrons. The SMILES string of the molecule is CCc1ccc(C(=O)CC2CCCc3ccccc32)s1. The highest BCUT2D eigenvalue weighted by atomic mass is 32.1. The van der Waals surface area contributed by atoms with E-state index in [0.717, 1.165) is 17.7 Å². The van der Waals surface area contributed by atoms with Crippen LogP contribution in [0.1, 0.15) is 57.8 Å². The van der Waals surface area contributed by atoms with Crippen LogP contribution in [0.4, 0.5) is 0 Å². The minimum Gasteiger partial charge on any atom is -0.293 e. The van der Waals surface area contributed by atoms with Crippen molar-refractivity contribution in [2.24, 2.45) is 0 Å². The second-order valence-electron chi connectivity index (χ2n) is 5.53. The molecule has 0 saturated carbocycles. The van der Waals surface area contributed by atoms with E-state index in [-0.39, 0.29) is 0 Å². The monoisotopic (exact) mass is 284 g/mol. The Bertz CT molecular complexity index is 611. The Morgan fingerprint density at radius 1 is 1.25 bits per heavy atom. The maximum absolute atomic E-state index is 12.5. The third-order valence-electron chi connectivity index (χ3n) is 4.21. The van der Waals surface area contributed by atoms with E-state index < -0.39 is 0 Å². The van der Waals surface area contributed by atoms with Gasteiger partial charge in [0.05, 0.1) is 4.88 Å². The Morgan fingerprint density at radius 2 is 2.10 bits per heavy atom. The normalized spacial score (nSPS) is 17.8. The molecular formula is C18H20OS. The molecule has 0 bridgehead atoms. The van der Waals surface area contributed by atoms with Gasteiger partial charge in [-0.15, -0.1) is 11.3 Å². The van der Waals surface area contributed by atoms with E-state index in [1.54, 1.807) is 11.3 Å². The Kier molecular flexibility index (Phi) is 4.02. The van der Waals surface area contributed by atoms with E-state index in [1.165, 1.54) is 28.8 Å². The van der Waals surface area contributed by atoms with Crippen molar-refractivity contribution >= 4 is 17.1 Å². The number of aryl methyl sites for hydroxylation is 2. The number of benzene rings is 1. The molecule has 0 radical (unpaired) electrons. The molecule has 20 heavy (non-hydrogen) atoms.